The Hall–Kier alpha value is -0.740. The molecule has 0 N–H and O–H groups in total. The van der Waals surface area contributed by atoms with Gasteiger partial charge >= 0.3 is 0 Å². The van der Waals surface area contributed by atoms with Crippen LogP contribution in [-0.4, -0.2) is 5.33 Å². The summed E-state index contributed by atoms with van der Waals surface area (Å²) in [4.78, 5) is 0. The normalized spacial score (nSPS) is 8.92. The van der Waals surface area contributed by atoms with Crippen LogP contribution in [0.15, 0.2) is 18.2 Å². The third kappa shape index (κ3) is 2.39. The van der Waals surface area contributed by atoms with Gasteiger partial charge in [0, 0.05) is 5.56 Å². The molecule has 0 aromatic heterocycles. The van der Waals surface area contributed by atoms with Gasteiger partial charge in [-0.3, -0.25) is 0 Å². The van der Waals surface area contributed by atoms with Gasteiger partial charge in [-0.15, -0.1) is 0 Å². The van der Waals surface area contributed by atoms with E-state index in [2.05, 4.69) is 59.8 Å². The fourth-order valence-electron chi connectivity index (χ4n) is 0.999. The largest absolute Gasteiger partial charge is 0.0863 e. The van der Waals surface area contributed by atoms with Crippen LogP contribution in [0.3, 0.4) is 0 Å². The fraction of sp³-hybridized carbons (Fsp3) is 0.273. The Labute approximate surface area is 82.1 Å². The van der Waals surface area contributed by atoms with E-state index in [0.29, 0.717) is 0 Å². The zero-order chi connectivity index (χ0) is 8.97. The Morgan fingerprint density at radius 1 is 1.33 bits per heavy atom. The van der Waals surface area contributed by atoms with Crippen LogP contribution in [0.5, 0.6) is 0 Å². The van der Waals surface area contributed by atoms with E-state index in [-0.39, 0.29) is 0 Å². The predicted octanol–water partition coefficient (Wildman–Crippen LogP) is 3.05. The Balaban J connectivity index is 3.05. The fourth-order valence-corrected chi connectivity index (χ4v) is 1.14. The molecule has 0 heterocycles. The first-order valence-electron chi connectivity index (χ1n) is 3.86. The Kier molecular flexibility index (Phi) is 3.37. The third-order valence-corrected chi connectivity index (χ3v) is 1.96. The van der Waals surface area contributed by atoms with Gasteiger partial charge in [-0.25, -0.2) is 0 Å². The number of hydrogen-bond donors (Lipinski definition) is 0. The summed E-state index contributed by atoms with van der Waals surface area (Å²) in [5.41, 5.74) is 3.64. The van der Waals surface area contributed by atoms with Gasteiger partial charge in [0.15, 0.2) is 0 Å². The molecule has 0 bridgehead atoms. The number of aryl methyl sites for hydroxylation is 2. The van der Waals surface area contributed by atoms with E-state index in [9.17, 15) is 0 Å². The average molecular weight is 223 g/mol. The minimum Gasteiger partial charge on any atom is -0.0863 e. The number of rotatable bonds is 0. The van der Waals surface area contributed by atoms with Crippen molar-refractivity contribution in [2.24, 2.45) is 0 Å². The first-order valence-corrected chi connectivity index (χ1v) is 4.98. The van der Waals surface area contributed by atoms with Gasteiger partial charge < -0.3 is 0 Å². The van der Waals surface area contributed by atoms with Gasteiger partial charge in [0.1, 0.15) is 0 Å². The predicted molar refractivity (Wildman–Crippen MR) is 56.6 cm³/mol. The van der Waals surface area contributed by atoms with E-state index in [1.54, 1.807) is 0 Å². The monoisotopic (exact) mass is 222 g/mol. The number of benzene rings is 1. The molecular formula is C11H11Br. The van der Waals surface area contributed by atoms with Crippen LogP contribution in [0.25, 0.3) is 0 Å². The topological polar surface area (TPSA) is 0 Å². The van der Waals surface area contributed by atoms with Crippen molar-refractivity contribution in [3.05, 3.63) is 34.9 Å². The van der Waals surface area contributed by atoms with Crippen LogP contribution in [0.2, 0.25) is 0 Å². The molecule has 1 aromatic rings. The smallest absolute Gasteiger partial charge is 0.0649 e. The zero-order valence-corrected chi connectivity index (χ0v) is 8.90. The average Bonchev–Trinajstić information content (AvgIpc) is 2.07. The Morgan fingerprint density at radius 2 is 2.08 bits per heavy atom. The molecule has 0 spiro atoms. The summed E-state index contributed by atoms with van der Waals surface area (Å²) in [6.45, 7) is 4.16. The SMILES string of the molecule is Cc1ccc(C)c(C#CCBr)c1. The van der Waals surface area contributed by atoms with Crippen LogP contribution in [0.1, 0.15) is 16.7 Å². The molecule has 0 aliphatic rings. The van der Waals surface area contributed by atoms with Crippen LogP contribution in [0, 0.1) is 25.7 Å². The molecule has 0 fully saturated rings. The van der Waals surface area contributed by atoms with Crippen LogP contribution in [-0.2, 0) is 0 Å². The molecule has 0 aliphatic carbocycles. The first-order chi connectivity index (χ1) is 5.74. The minimum absolute atomic E-state index is 0.736. The second-order valence-corrected chi connectivity index (χ2v) is 3.31. The molecule has 1 aromatic carbocycles. The number of hydrogen-bond acceptors (Lipinski definition) is 0. The summed E-state index contributed by atoms with van der Waals surface area (Å²) in [5, 5.41) is 0.736. The Bertz CT molecular complexity index is 329. The van der Waals surface area contributed by atoms with E-state index >= 15 is 0 Å². The van der Waals surface area contributed by atoms with Crippen LogP contribution >= 0.6 is 15.9 Å². The lowest BCUT2D eigenvalue weighted by Gasteiger charge is -1.98. The molecule has 0 saturated carbocycles. The standard InChI is InChI=1S/C11H11Br/c1-9-5-6-10(2)11(8-9)4-3-7-12/h5-6,8H,7H2,1-2H3. The van der Waals surface area contributed by atoms with Crippen molar-refractivity contribution in [3.63, 3.8) is 0 Å². The lowest BCUT2D eigenvalue weighted by Crippen LogP contribution is -1.83. The summed E-state index contributed by atoms with van der Waals surface area (Å²) in [7, 11) is 0. The lowest BCUT2D eigenvalue weighted by atomic mass is 10.1. The minimum atomic E-state index is 0.736. The maximum Gasteiger partial charge on any atom is 0.0649 e. The molecule has 0 amide bonds. The maximum atomic E-state index is 3.28. The third-order valence-electron chi connectivity index (χ3n) is 1.68. The summed E-state index contributed by atoms with van der Waals surface area (Å²) < 4.78 is 0. The van der Waals surface area contributed by atoms with Gasteiger partial charge in [0.05, 0.1) is 5.33 Å². The first kappa shape index (κ1) is 9.35. The number of alkyl halides is 1. The molecule has 0 atom stereocenters. The highest BCUT2D eigenvalue weighted by atomic mass is 79.9. The van der Waals surface area contributed by atoms with E-state index in [1.807, 2.05) is 0 Å². The van der Waals surface area contributed by atoms with Crippen molar-refractivity contribution < 1.29 is 0 Å². The van der Waals surface area contributed by atoms with Gasteiger partial charge in [-0.05, 0) is 31.0 Å². The van der Waals surface area contributed by atoms with E-state index < -0.39 is 0 Å². The van der Waals surface area contributed by atoms with Crippen molar-refractivity contribution in [1.82, 2.24) is 0 Å². The summed E-state index contributed by atoms with van der Waals surface area (Å²) in [5.74, 6) is 6.11. The molecular weight excluding hydrogens is 212 g/mol. The maximum absolute atomic E-state index is 3.28. The zero-order valence-electron chi connectivity index (χ0n) is 7.32. The van der Waals surface area contributed by atoms with Crippen LogP contribution in [0.4, 0.5) is 0 Å². The van der Waals surface area contributed by atoms with E-state index in [0.717, 1.165) is 10.9 Å². The van der Waals surface area contributed by atoms with Crippen molar-refractivity contribution >= 4 is 15.9 Å². The summed E-state index contributed by atoms with van der Waals surface area (Å²) in [6.07, 6.45) is 0. The molecule has 62 valence electrons. The van der Waals surface area contributed by atoms with Crippen molar-refractivity contribution in [1.29, 1.82) is 0 Å². The van der Waals surface area contributed by atoms with Crippen molar-refractivity contribution in [3.8, 4) is 11.8 Å². The number of halogens is 1. The van der Waals surface area contributed by atoms with Gasteiger partial charge in [0.25, 0.3) is 0 Å². The Morgan fingerprint density at radius 3 is 2.75 bits per heavy atom. The molecule has 0 nitrogen and oxygen atoms in total. The summed E-state index contributed by atoms with van der Waals surface area (Å²) in [6, 6.07) is 6.33. The molecule has 1 rings (SSSR count). The quantitative estimate of drug-likeness (QED) is 0.468. The van der Waals surface area contributed by atoms with E-state index in [1.165, 1.54) is 11.1 Å². The highest BCUT2D eigenvalue weighted by molar-refractivity contribution is 9.09. The van der Waals surface area contributed by atoms with E-state index in [4.69, 9.17) is 0 Å². The van der Waals surface area contributed by atoms with Crippen LogP contribution < -0.4 is 0 Å². The molecule has 1 heteroatoms. The second kappa shape index (κ2) is 4.33. The van der Waals surface area contributed by atoms with Crippen molar-refractivity contribution in [2.45, 2.75) is 13.8 Å². The molecule has 0 aliphatic heterocycles. The molecule has 0 radical (unpaired) electrons. The van der Waals surface area contributed by atoms with Gasteiger partial charge in [-0.1, -0.05) is 39.9 Å². The highest BCUT2D eigenvalue weighted by Crippen LogP contribution is 2.08. The second-order valence-electron chi connectivity index (χ2n) is 2.75. The van der Waals surface area contributed by atoms with Gasteiger partial charge in [0.2, 0.25) is 0 Å². The van der Waals surface area contributed by atoms with Crippen molar-refractivity contribution in [2.75, 3.05) is 5.33 Å². The molecule has 0 saturated heterocycles. The lowest BCUT2D eigenvalue weighted by molar-refractivity contribution is 1.37. The summed E-state index contributed by atoms with van der Waals surface area (Å²) >= 11 is 3.28. The van der Waals surface area contributed by atoms with Gasteiger partial charge in [-0.2, -0.15) is 0 Å². The molecule has 12 heavy (non-hydrogen) atoms. The highest BCUT2D eigenvalue weighted by Gasteiger charge is 1.92. The molecule has 0 unspecified atom stereocenters.